The Morgan fingerprint density at radius 2 is 1.89 bits per heavy atom. The van der Waals surface area contributed by atoms with Gasteiger partial charge in [-0.25, -0.2) is 0 Å². The van der Waals surface area contributed by atoms with Crippen molar-refractivity contribution in [2.24, 2.45) is 0 Å². The lowest BCUT2D eigenvalue weighted by atomic mass is 9.97. The second-order valence-corrected chi connectivity index (χ2v) is 5.16. The van der Waals surface area contributed by atoms with E-state index in [9.17, 15) is 0 Å². The Morgan fingerprint density at radius 3 is 2.44 bits per heavy atom. The fourth-order valence-corrected chi connectivity index (χ4v) is 1.51. The molecule has 0 bridgehead atoms. The highest BCUT2D eigenvalue weighted by Gasteiger charge is 2.22. The van der Waals surface area contributed by atoms with Gasteiger partial charge < -0.3 is 14.9 Å². The molecule has 2 N–H and O–H groups in total. The Hall–Kier alpha value is -2.04. The first-order valence-electron chi connectivity index (χ1n) is 5.69. The molecule has 0 aliphatic heterocycles. The Balaban J connectivity index is 2.43. The van der Waals surface area contributed by atoms with E-state index >= 15 is 0 Å². The van der Waals surface area contributed by atoms with Crippen LogP contribution in [0.1, 0.15) is 26.7 Å². The zero-order valence-electron chi connectivity index (χ0n) is 11.0. The van der Waals surface area contributed by atoms with Gasteiger partial charge in [0, 0.05) is 22.7 Å². The monoisotopic (exact) mass is 247 g/mol. The lowest BCUT2D eigenvalue weighted by Crippen LogP contribution is -2.11. The quantitative estimate of drug-likeness (QED) is 0.826. The second-order valence-electron chi connectivity index (χ2n) is 5.16. The Morgan fingerprint density at radius 1 is 1.17 bits per heavy atom. The van der Waals surface area contributed by atoms with E-state index in [1.807, 2.05) is 26.8 Å². The minimum absolute atomic E-state index is 0.171. The van der Waals surface area contributed by atoms with Crippen LogP contribution in [0.2, 0.25) is 0 Å². The van der Waals surface area contributed by atoms with E-state index in [0.29, 0.717) is 23.2 Å². The van der Waals surface area contributed by atoms with E-state index in [1.54, 1.807) is 19.2 Å². The highest BCUT2D eigenvalue weighted by molar-refractivity contribution is 5.63. The molecule has 5 heteroatoms. The predicted octanol–water partition coefficient (Wildman–Crippen LogP) is 2.62. The van der Waals surface area contributed by atoms with Crippen LogP contribution in [0, 0.1) is 0 Å². The second kappa shape index (κ2) is 4.33. The maximum Gasteiger partial charge on any atom is 0.247 e. The van der Waals surface area contributed by atoms with Crippen molar-refractivity contribution in [2.75, 3.05) is 12.8 Å². The summed E-state index contributed by atoms with van der Waals surface area (Å²) in [4.78, 5) is 0. The van der Waals surface area contributed by atoms with E-state index in [2.05, 4.69) is 10.2 Å². The lowest BCUT2D eigenvalue weighted by molar-refractivity contribution is 0.398. The molecule has 2 rings (SSSR count). The Labute approximate surface area is 106 Å². The van der Waals surface area contributed by atoms with Gasteiger partial charge in [0.2, 0.25) is 11.8 Å². The summed E-state index contributed by atoms with van der Waals surface area (Å²) < 4.78 is 10.8. The maximum absolute atomic E-state index is 5.80. The smallest absolute Gasteiger partial charge is 0.247 e. The molecule has 2 aromatic rings. The fraction of sp³-hybridized carbons (Fsp3) is 0.385. The van der Waals surface area contributed by atoms with E-state index in [0.717, 1.165) is 5.56 Å². The summed E-state index contributed by atoms with van der Waals surface area (Å²) in [5.41, 5.74) is 6.98. The molecule has 1 aromatic heterocycles. The van der Waals surface area contributed by atoms with Gasteiger partial charge in [0.25, 0.3) is 0 Å². The average Bonchev–Trinajstić information content (AvgIpc) is 2.77. The number of rotatable bonds is 2. The van der Waals surface area contributed by atoms with Crippen LogP contribution in [0.15, 0.2) is 22.6 Å². The number of nitrogens with two attached hydrogens (primary N) is 1. The van der Waals surface area contributed by atoms with Gasteiger partial charge >= 0.3 is 0 Å². The normalized spacial score (nSPS) is 11.6. The summed E-state index contributed by atoms with van der Waals surface area (Å²) in [6, 6.07) is 5.34. The topological polar surface area (TPSA) is 74.2 Å². The Bertz CT molecular complexity index is 556. The van der Waals surface area contributed by atoms with Gasteiger partial charge in [0.05, 0.1) is 7.11 Å². The third-order valence-corrected chi connectivity index (χ3v) is 2.48. The molecule has 0 aliphatic carbocycles. The molecule has 0 radical (unpaired) electrons. The molecule has 18 heavy (non-hydrogen) atoms. The highest BCUT2D eigenvalue weighted by atomic mass is 16.5. The molecule has 0 saturated heterocycles. The molecule has 0 saturated carbocycles. The van der Waals surface area contributed by atoms with Gasteiger partial charge in [-0.15, -0.1) is 10.2 Å². The number of nitrogen functional groups attached to an aromatic ring is 1. The summed E-state index contributed by atoms with van der Waals surface area (Å²) >= 11 is 0. The van der Waals surface area contributed by atoms with Crippen molar-refractivity contribution in [1.82, 2.24) is 10.2 Å². The van der Waals surface area contributed by atoms with Crippen molar-refractivity contribution in [3.63, 3.8) is 0 Å². The first-order valence-corrected chi connectivity index (χ1v) is 5.69. The number of nitrogens with zero attached hydrogens (tertiary/aromatic N) is 2. The van der Waals surface area contributed by atoms with Crippen LogP contribution in [-0.2, 0) is 5.41 Å². The molecule has 0 atom stereocenters. The van der Waals surface area contributed by atoms with Crippen molar-refractivity contribution >= 4 is 5.69 Å². The van der Waals surface area contributed by atoms with Crippen molar-refractivity contribution in [3.8, 4) is 17.2 Å². The lowest BCUT2D eigenvalue weighted by Gasteiger charge is -2.11. The minimum atomic E-state index is -0.171. The maximum atomic E-state index is 5.80. The fourth-order valence-electron chi connectivity index (χ4n) is 1.51. The van der Waals surface area contributed by atoms with Crippen LogP contribution < -0.4 is 10.5 Å². The molecular weight excluding hydrogens is 230 g/mol. The summed E-state index contributed by atoms with van der Waals surface area (Å²) in [6.45, 7) is 6.05. The molecule has 0 spiro atoms. The van der Waals surface area contributed by atoms with Crippen molar-refractivity contribution in [2.45, 2.75) is 26.2 Å². The van der Waals surface area contributed by atoms with Crippen LogP contribution in [-0.4, -0.2) is 17.3 Å². The highest BCUT2D eigenvalue weighted by Crippen LogP contribution is 2.29. The van der Waals surface area contributed by atoms with Crippen molar-refractivity contribution in [3.05, 3.63) is 24.1 Å². The van der Waals surface area contributed by atoms with Gasteiger partial charge in [0.15, 0.2) is 0 Å². The predicted molar refractivity (Wildman–Crippen MR) is 69.4 cm³/mol. The molecule has 5 nitrogen and oxygen atoms in total. The number of aromatic nitrogens is 2. The van der Waals surface area contributed by atoms with Crippen LogP contribution in [0.3, 0.4) is 0 Å². The number of ether oxygens (including phenoxy) is 1. The van der Waals surface area contributed by atoms with Crippen LogP contribution in [0.5, 0.6) is 5.75 Å². The zero-order chi connectivity index (χ0) is 13.3. The number of methoxy groups -OCH3 is 1. The summed E-state index contributed by atoms with van der Waals surface area (Å²) in [5, 5.41) is 8.09. The summed E-state index contributed by atoms with van der Waals surface area (Å²) in [6.07, 6.45) is 0. The molecule has 0 fully saturated rings. The van der Waals surface area contributed by atoms with Gasteiger partial charge in [-0.1, -0.05) is 20.8 Å². The van der Waals surface area contributed by atoms with Gasteiger partial charge in [-0.3, -0.25) is 0 Å². The van der Waals surface area contributed by atoms with Crippen LogP contribution >= 0.6 is 0 Å². The number of benzene rings is 1. The minimum Gasteiger partial charge on any atom is -0.497 e. The first-order chi connectivity index (χ1) is 8.40. The molecule has 1 heterocycles. The third-order valence-electron chi connectivity index (χ3n) is 2.48. The van der Waals surface area contributed by atoms with E-state index in [1.165, 1.54) is 0 Å². The van der Waals surface area contributed by atoms with E-state index in [-0.39, 0.29) is 5.41 Å². The number of hydrogen-bond acceptors (Lipinski definition) is 5. The largest absolute Gasteiger partial charge is 0.497 e. The molecule has 1 aromatic carbocycles. The average molecular weight is 247 g/mol. The SMILES string of the molecule is COc1cc(N)cc(-c2nnc(C(C)(C)C)o2)c1. The molecule has 0 unspecified atom stereocenters. The standard InChI is InChI=1S/C13H17N3O2/c1-13(2,3)12-16-15-11(18-12)8-5-9(14)7-10(6-8)17-4/h5-7H,14H2,1-4H3. The van der Waals surface area contributed by atoms with Crippen molar-refractivity contribution in [1.29, 1.82) is 0 Å². The molecule has 0 amide bonds. The van der Waals surface area contributed by atoms with Gasteiger partial charge in [-0.05, 0) is 12.1 Å². The van der Waals surface area contributed by atoms with Gasteiger partial charge in [-0.2, -0.15) is 0 Å². The number of hydrogen-bond donors (Lipinski definition) is 1. The molecule has 96 valence electrons. The van der Waals surface area contributed by atoms with Crippen LogP contribution in [0.25, 0.3) is 11.5 Å². The van der Waals surface area contributed by atoms with Crippen molar-refractivity contribution < 1.29 is 9.15 Å². The van der Waals surface area contributed by atoms with Gasteiger partial charge in [0.1, 0.15) is 5.75 Å². The van der Waals surface area contributed by atoms with E-state index in [4.69, 9.17) is 14.9 Å². The molecular formula is C13H17N3O2. The Kier molecular flexibility index (Phi) is 2.98. The summed E-state index contributed by atoms with van der Waals surface area (Å²) in [5.74, 6) is 1.71. The van der Waals surface area contributed by atoms with E-state index < -0.39 is 0 Å². The zero-order valence-corrected chi connectivity index (χ0v) is 11.0. The van der Waals surface area contributed by atoms with Crippen LogP contribution in [0.4, 0.5) is 5.69 Å². The third kappa shape index (κ3) is 2.45. The summed E-state index contributed by atoms with van der Waals surface area (Å²) in [7, 11) is 1.59. The molecule has 0 aliphatic rings. The number of anilines is 1. The first kappa shape index (κ1) is 12.4.